The zero-order chi connectivity index (χ0) is 14.2. The Kier molecular flexibility index (Phi) is 4.23. The minimum absolute atomic E-state index is 0.200. The summed E-state index contributed by atoms with van der Waals surface area (Å²) in [6, 6.07) is 4.94. The molecule has 2 rings (SSSR count). The summed E-state index contributed by atoms with van der Waals surface area (Å²) in [6.07, 6.45) is 0.921. The van der Waals surface area contributed by atoms with Crippen LogP contribution in [-0.2, 0) is 10.0 Å². The summed E-state index contributed by atoms with van der Waals surface area (Å²) >= 11 is 3.29. The zero-order valence-corrected chi connectivity index (χ0v) is 13.5. The Labute approximate surface area is 123 Å². The maximum absolute atomic E-state index is 12.6. The number of hydrogen-bond acceptors (Lipinski definition) is 3. The smallest absolute Gasteiger partial charge is 0.245 e. The van der Waals surface area contributed by atoms with E-state index in [9.17, 15) is 8.42 Å². The second-order valence-electron chi connectivity index (χ2n) is 5.34. The highest BCUT2D eigenvalue weighted by Crippen LogP contribution is 2.31. The van der Waals surface area contributed by atoms with E-state index in [1.807, 2.05) is 0 Å². The molecule has 0 saturated carbocycles. The Balaban J connectivity index is 2.31. The van der Waals surface area contributed by atoms with Crippen molar-refractivity contribution in [3.63, 3.8) is 0 Å². The first-order valence-corrected chi connectivity index (χ1v) is 8.61. The van der Waals surface area contributed by atoms with Crippen molar-refractivity contribution in [2.45, 2.75) is 25.2 Å². The van der Waals surface area contributed by atoms with Crippen molar-refractivity contribution in [1.29, 1.82) is 0 Å². The van der Waals surface area contributed by atoms with Gasteiger partial charge >= 0.3 is 0 Å². The van der Waals surface area contributed by atoms with Gasteiger partial charge in [0.05, 0.1) is 5.69 Å². The summed E-state index contributed by atoms with van der Waals surface area (Å²) in [4.78, 5) is 0.200. The Morgan fingerprint density at radius 1 is 1.42 bits per heavy atom. The topological polar surface area (TPSA) is 63.4 Å². The van der Waals surface area contributed by atoms with Gasteiger partial charge in [0.15, 0.2) is 0 Å². The van der Waals surface area contributed by atoms with Gasteiger partial charge in [-0.2, -0.15) is 4.31 Å². The van der Waals surface area contributed by atoms with Crippen LogP contribution in [0.4, 0.5) is 5.69 Å². The molecule has 0 spiro atoms. The van der Waals surface area contributed by atoms with Crippen LogP contribution in [0, 0.1) is 11.8 Å². The molecule has 0 radical (unpaired) electrons. The number of nitrogens with zero attached hydrogens (tertiary/aromatic N) is 1. The Morgan fingerprint density at radius 2 is 2.11 bits per heavy atom. The minimum atomic E-state index is -3.48. The van der Waals surface area contributed by atoms with E-state index in [2.05, 4.69) is 29.8 Å². The normalized spacial score (nSPS) is 21.2. The highest BCUT2D eigenvalue weighted by atomic mass is 79.9. The predicted molar refractivity (Wildman–Crippen MR) is 80.3 cm³/mol. The highest BCUT2D eigenvalue weighted by Gasteiger charge is 2.34. The summed E-state index contributed by atoms with van der Waals surface area (Å²) < 4.78 is 27.5. The summed E-state index contributed by atoms with van der Waals surface area (Å²) in [6.45, 7) is 5.44. The van der Waals surface area contributed by atoms with E-state index >= 15 is 0 Å². The van der Waals surface area contributed by atoms with Crippen LogP contribution in [0.15, 0.2) is 27.6 Å². The molecule has 6 heteroatoms. The fourth-order valence-corrected chi connectivity index (χ4v) is 4.55. The fraction of sp³-hybridized carbons (Fsp3) is 0.538. The number of sulfonamides is 1. The molecule has 1 unspecified atom stereocenters. The Bertz CT molecular complexity index is 572. The van der Waals surface area contributed by atoms with E-state index in [-0.39, 0.29) is 4.90 Å². The Hall–Kier alpha value is -0.590. The van der Waals surface area contributed by atoms with Crippen LogP contribution in [0.25, 0.3) is 0 Å². The number of rotatable bonds is 3. The fourth-order valence-electron chi connectivity index (χ4n) is 2.39. The molecule has 1 aliphatic heterocycles. The first-order valence-electron chi connectivity index (χ1n) is 6.37. The van der Waals surface area contributed by atoms with Crippen LogP contribution in [0.3, 0.4) is 0 Å². The van der Waals surface area contributed by atoms with Gasteiger partial charge in [0.25, 0.3) is 0 Å². The summed E-state index contributed by atoms with van der Waals surface area (Å²) in [5.41, 5.74) is 6.11. The summed E-state index contributed by atoms with van der Waals surface area (Å²) in [5, 5.41) is 0. The third-order valence-electron chi connectivity index (χ3n) is 3.72. The number of halogens is 1. The second kappa shape index (κ2) is 5.42. The van der Waals surface area contributed by atoms with Gasteiger partial charge in [-0.3, -0.25) is 0 Å². The standard InChI is InChI=1S/C13H19BrN2O2S/c1-9(2)10-5-6-16(8-10)19(17,18)13-7-11(14)3-4-12(13)15/h3-4,7,9-10H,5-6,8,15H2,1-2H3. The predicted octanol–water partition coefficient (Wildman–Crippen LogP) is 2.70. The van der Waals surface area contributed by atoms with Gasteiger partial charge < -0.3 is 5.73 Å². The molecule has 1 heterocycles. The van der Waals surface area contributed by atoms with E-state index in [1.54, 1.807) is 22.5 Å². The van der Waals surface area contributed by atoms with Gasteiger partial charge in [-0.15, -0.1) is 0 Å². The molecule has 19 heavy (non-hydrogen) atoms. The third-order valence-corrected chi connectivity index (χ3v) is 6.14. The molecule has 4 nitrogen and oxygen atoms in total. The molecular weight excluding hydrogens is 328 g/mol. The van der Waals surface area contributed by atoms with Crippen LogP contribution in [-0.4, -0.2) is 25.8 Å². The molecule has 1 aromatic rings. The first-order chi connectivity index (χ1) is 8.82. The summed E-state index contributed by atoms with van der Waals surface area (Å²) in [5.74, 6) is 0.934. The minimum Gasteiger partial charge on any atom is -0.398 e. The van der Waals surface area contributed by atoms with Crippen molar-refractivity contribution in [2.75, 3.05) is 18.8 Å². The highest BCUT2D eigenvalue weighted by molar-refractivity contribution is 9.10. The Morgan fingerprint density at radius 3 is 2.68 bits per heavy atom. The van der Waals surface area contributed by atoms with Crippen molar-refractivity contribution in [1.82, 2.24) is 4.31 Å². The maximum atomic E-state index is 12.6. The average molecular weight is 347 g/mol. The molecule has 1 aromatic carbocycles. The lowest BCUT2D eigenvalue weighted by Crippen LogP contribution is -2.30. The van der Waals surface area contributed by atoms with Gasteiger partial charge in [0.2, 0.25) is 10.0 Å². The van der Waals surface area contributed by atoms with Crippen LogP contribution < -0.4 is 5.73 Å². The SMILES string of the molecule is CC(C)C1CCN(S(=O)(=O)c2cc(Br)ccc2N)C1. The number of nitrogens with two attached hydrogens (primary N) is 1. The first kappa shape index (κ1) is 14.8. The number of hydrogen-bond donors (Lipinski definition) is 1. The van der Waals surface area contributed by atoms with Crippen molar-refractivity contribution < 1.29 is 8.42 Å². The molecule has 1 aliphatic rings. The van der Waals surface area contributed by atoms with Gasteiger partial charge in [0, 0.05) is 17.6 Å². The zero-order valence-electron chi connectivity index (χ0n) is 11.1. The van der Waals surface area contributed by atoms with Crippen molar-refractivity contribution >= 4 is 31.6 Å². The molecular formula is C13H19BrN2O2S. The van der Waals surface area contributed by atoms with E-state index < -0.39 is 10.0 Å². The van der Waals surface area contributed by atoms with Crippen LogP contribution in [0.5, 0.6) is 0 Å². The van der Waals surface area contributed by atoms with E-state index in [1.165, 1.54) is 0 Å². The molecule has 0 bridgehead atoms. The molecule has 106 valence electrons. The molecule has 0 aliphatic carbocycles. The second-order valence-corrected chi connectivity index (χ2v) is 8.16. The van der Waals surface area contributed by atoms with Gasteiger partial charge in [-0.05, 0) is 36.5 Å². The van der Waals surface area contributed by atoms with E-state index in [4.69, 9.17) is 5.73 Å². The van der Waals surface area contributed by atoms with Crippen LogP contribution >= 0.6 is 15.9 Å². The monoisotopic (exact) mass is 346 g/mol. The molecule has 1 atom stereocenters. The van der Waals surface area contributed by atoms with Crippen molar-refractivity contribution in [3.05, 3.63) is 22.7 Å². The maximum Gasteiger partial charge on any atom is 0.245 e. The van der Waals surface area contributed by atoms with Crippen LogP contribution in [0.2, 0.25) is 0 Å². The quantitative estimate of drug-likeness (QED) is 0.855. The molecule has 0 aromatic heterocycles. The largest absolute Gasteiger partial charge is 0.398 e. The number of benzene rings is 1. The number of nitrogen functional groups attached to an aromatic ring is 1. The molecule has 1 fully saturated rings. The van der Waals surface area contributed by atoms with Crippen molar-refractivity contribution in [2.24, 2.45) is 11.8 Å². The van der Waals surface area contributed by atoms with Crippen LogP contribution in [0.1, 0.15) is 20.3 Å². The average Bonchev–Trinajstić information content (AvgIpc) is 2.82. The summed E-state index contributed by atoms with van der Waals surface area (Å²) in [7, 11) is -3.48. The van der Waals surface area contributed by atoms with Gasteiger partial charge in [-0.25, -0.2) is 8.42 Å². The van der Waals surface area contributed by atoms with E-state index in [0.29, 0.717) is 30.6 Å². The molecule has 2 N–H and O–H groups in total. The van der Waals surface area contributed by atoms with Crippen molar-refractivity contribution in [3.8, 4) is 0 Å². The lowest BCUT2D eigenvalue weighted by molar-refractivity contribution is 0.388. The number of anilines is 1. The van der Waals surface area contributed by atoms with Gasteiger partial charge in [-0.1, -0.05) is 29.8 Å². The lowest BCUT2D eigenvalue weighted by atomic mass is 9.96. The molecule has 0 amide bonds. The van der Waals surface area contributed by atoms with Gasteiger partial charge in [0.1, 0.15) is 4.90 Å². The third kappa shape index (κ3) is 2.95. The van der Waals surface area contributed by atoms with E-state index in [0.717, 1.165) is 10.9 Å². The lowest BCUT2D eigenvalue weighted by Gasteiger charge is -2.19. The molecule has 1 saturated heterocycles.